The van der Waals surface area contributed by atoms with Gasteiger partial charge in [-0.2, -0.15) is 13.2 Å². The van der Waals surface area contributed by atoms with Gasteiger partial charge in [-0.1, -0.05) is 0 Å². The molecule has 90 valence electrons. The summed E-state index contributed by atoms with van der Waals surface area (Å²) in [4.78, 5) is 9.81. The SMILES string of the molecule is Cn1cc(C(F)(F)F)c2cc([N+](=O)[O-])ccc21. The van der Waals surface area contributed by atoms with Gasteiger partial charge >= 0.3 is 6.18 Å². The number of hydrogen-bond acceptors (Lipinski definition) is 2. The van der Waals surface area contributed by atoms with Crippen LogP contribution in [0, 0.1) is 10.1 Å². The summed E-state index contributed by atoms with van der Waals surface area (Å²) in [6.45, 7) is 0. The molecule has 0 saturated carbocycles. The standard InChI is InChI=1S/C10H7F3N2O2/c1-14-5-8(10(11,12)13)7-4-6(15(16)17)2-3-9(7)14/h2-5H,1H3. The Balaban J connectivity index is 2.78. The summed E-state index contributed by atoms with van der Waals surface area (Å²) in [6, 6.07) is 3.43. The average Bonchev–Trinajstić information content (AvgIpc) is 2.55. The van der Waals surface area contributed by atoms with Crippen LogP contribution in [0.1, 0.15) is 5.56 Å². The molecule has 0 saturated heterocycles. The molecule has 1 aromatic carbocycles. The molecule has 0 radical (unpaired) electrons. The maximum absolute atomic E-state index is 12.7. The number of fused-ring (bicyclic) bond motifs is 1. The number of hydrogen-bond donors (Lipinski definition) is 0. The zero-order chi connectivity index (χ0) is 12.8. The predicted molar refractivity (Wildman–Crippen MR) is 54.6 cm³/mol. The van der Waals surface area contributed by atoms with E-state index < -0.39 is 16.7 Å². The van der Waals surface area contributed by atoms with E-state index in [4.69, 9.17) is 0 Å². The number of nitro groups is 1. The van der Waals surface area contributed by atoms with Crippen molar-refractivity contribution in [2.75, 3.05) is 0 Å². The van der Waals surface area contributed by atoms with Crippen molar-refractivity contribution in [1.82, 2.24) is 4.57 Å². The van der Waals surface area contributed by atoms with E-state index in [9.17, 15) is 23.3 Å². The molecule has 0 atom stereocenters. The van der Waals surface area contributed by atoms with Crippen LogP contribution in [0.3, 0.4) is 0 Å². The van der Waals surface area contributed by atoms with Crippen LogP contribution in [0.15, 0.2) is 24.4 Å². The Hall–Kier alpha value is -2.05. The van der Waals surface area contributed by atoms with Crippen LogP contribution in [0.4, 0.5) is 18.9 Å². The molecule has 2 rings (SSSR count). The summed E-state index contributed by atoms with van der Waals surface area (Å²) < 4.78 is 39.3. The second kappa shape index (κ2) is 3.47. The van der Waals surface area contributed by atoms with Crippen LogP contribution >= 0.6 is 0 Å². The Morgan fingerprint density at radius 1 is 1.35 bits per heavy atom. The van der Waals surface area contributed by atoms with E-state index in [1.165, 1.54) is 23.7 Å². The van der Waals surface area contributed by atoms with Gasteiger partial charge in [0, 0.05) is 36.3 Å². The van der Waals surface area contributed by atoms with Crippen molar-refractivity contribution in [2.45, 2.75) is 6.18 Å². The highest BCUT2D eigenvalue weighted by atomic mass is 19.4. The van der Waals surface area contributed by atoms with Crippen LogP contribution in [-0.2, 0) is 13.2 Å². The molecule has 17 heavy (non-hydrogen) atoms. The molecule has 0 amide bonds. The Labute approximate surface area is 93.4 Å². The van der Waals surface area contributed by atoms with E-state index >= 15 is 0 Å². The first-order valence-corrected chi connectivity index (χ1v) is 4.61. The summed E-state index contributed by atoms with van der Waals surface area (Å²) in [7, 11) is 1.46. The number of alkyl halides is 3. The topological polar surface area (TPSA) is 48.1 Å². The second-order valence-electron chi connectivity index (χ2n) is 3.61. The first kappa shape index (κ1) is 11.4. The van der Waals surface area contributed by atoms with Crippen molar-refractivity contribution in [1.29, 1.82) is 0 Å². The average molecular weight is 244 g/mol. The number of aromatic nitrogens is 1. The normalized spacial score (nSPS) is 12.0. The fourth-order valence-corrected chi connectivity index (χ4v) is 1.72. The number of halogens is 3. The van der Waals surface area contributed by atoms with Crippen LogP contribution in [-0.4, -0.2) is 9.49 Å². The highest BCUT2D eigenvalue weighted by Gasteiger charge is 2.34. The Morgan fingerprint density at radius 2 is 2.00 bits per heavy atom. The minimum atomic E-state index is -4.52. The van der Waals surface area contributed by atoms with E-state index in [1.807, 2.05) is 0 Å². The zero-order valence-electron chi connectivity index (χ0n) is 8.65. The summed E-state index contributed by atoms with van der Waals surface area (Å²) in [6.07, 6.45) is -3.59. The number of non-ortho nitro benzene ring substituents is 1. The fourth-order valence-electron chi connectivity index (χ4n) is 1.72. The van der Waals surface area contributed by atoms with E-state index in [0.717, 1.165) is 12.3 Å². The molecule has 0 aliphatic rings. The third-order valence-corrected chi connectivity index (χ3v) is 2.49. The van der Waals surface area contributed by atoms with Crippen molar-refractivity contribution in [3.8, 4) is 0 Å². The quantitative estimate of drug-likeness (QED) is 0.571. The van der Waals surface area contributed by atoms with Gasteiger partial charge in [0.2, 0.25) is 0 Å². The Kier molecular flexibility index (Phi) is 2.34. The fraction of sp³-hybridized carbons (Fsp3) is 0.200. The summed E-state index contributed by atoms with van der Waals surface area (Å²) in [5.74, 6) is 0. The van der Waals surface area contributed by atoms with Crippen molar-refractivity contribution >= 4 is 16.6 Å². The molecule has 0 fully saturated rings. The molecule has 0 aliphatic carbocycles. The first-order valence-electron chi connectivity index (χ1n) is 4.61. The highest BCUT2D eigenvalue weighted by Crippen LogP contribution is 2.37. The van der Waals surface area contributed by atoms with Crippen molar-refractivity contribution in [3.63, 3.8) is 0 Å². The Morgan fingerprint density at radius 3 is 2.53 bits per heavy atom. The van der Waals surface area contributed by atoms with E-state index in [1.54, 1.807) is 0 Å². The molecule has 0 bridgehead atoms. The lowest BCUT2D eigenvalue weighted by Crippen LogP contribution is -2.03. The van der Waals surface area contributed by atoms with Gasteiger partial charge in [0.1, 0.15) is 0 Å². The molecule has 0 unspecified atom stereocenters. The monoisotopic (exact) mass is 244 g/mol. The minimum Gasteiger partial charge on any atom is -0.350 e. The van der Waals surface area contributed by atoms with Gasteiger partial charge in [-0.3, -0.25) is 10.1 Å². The molecule has 0 aliphatic heterocycles. The summed E-state index contributed by atoms with van der Waals surface area (Å²) in [5, 5.41) is 10.4. The molecule has 2 aromatic rings. The van der Waals surface area contributed by atoms with Crippen molar-refractivity contribution < 1.29 is 18.1 Å². The van der Waals surface area contributed by atoms with Crippen molar-refractivity contribution in [2.24, 2.45) is 7.05 Å². The molecule has 1 aromatic heterocycles. The molecule has 0 N–H and O–H groups in total. The van der Waals surface area contributed by atoms with E-state index in [-0.39, 0.29) is 11.1 Å². The third kappa shape index (κ3) is 1.83. The largest absolute Gasteiger partial charge is 0.418 e. The maximum Gasteiger partial charge on any atom is 0.418 e. The molecule has 1 heterocycles. The van der Waals surface area contributed by atoms with Gasteiger partial charge in [0.25, 0.3) is 5.69 Å². The molecule has 7 heteroatoms. The van der Waals surface area contributed by atoms with Crippen LogP contribution in [0.2, 0.25) is 0 Å². The maximum atomic E-state index is 12.7. The lowest BCUT2D eigenvalue weighted by Gasteiger charge is -2.03. The van der Waals surface area contributed by atoms with Gasteiger partial charge < -0.3 is 4.57 Å². The molecule has 4 nitrogen and oxygen atoms in total. The van der Waals surface area contributed by atoms with Crippen molar-refractivity contribution in [3.05, 3.63) is 40.1 Å². The number of nitrogens with zero attached hydrogens (tertiary/aromatic N) is 2. The van der Waals surface area contributed by atoms with Crippen LogP contribution < -0.4 is 0 Å². The minimum absolute atomic E-state index is 0.158. The van der Waals surface area contributed by atoms with Crippen LogP contribution in [0.25, 0.3) is 10.9 Å². The Bertz CT molecular complexity index is 601. The number of nitro benzene ring substituents is 1. The lowest BCUT2D eigenvalue weighted by molar-refractivity contribution is -0.384. The van der Waals surface area contributed by atoms with E-state index in [0.29, 0.717) is 5.52 Å². The van der Waals surface area contributed by atoms with E-state index in [2.05, 4.69) is 0 Å². The van der Waals surface area contributed by atoms with Gasteiger partial charge in [-0.25, -0.2) is 0 Å². The zero-order valence-corrected chi connectivity index (χ0v) is 8.65. The smallest absolute Gasteiger partial charge is 0.350 e. The first-order chi connectivity index (χ1) is 7.80. The molecular weight excluding hydrogens is 237 g/mol. The summed E-state index contributed by atoms with van der Waals surface area (Å²) in [5.41, 5.74) is -0.907. The lowest BCUT2D eigenvalue weighted by atomic mass is 10.1. The molecule has 0 spiro atoms. The molecular formula is C10H7F3N2O2. The second-order valence-corrected chi connectivity index (χ2v) is 3.61. The highest BCUT2D eigenvalue weighted by molar-refractivity contribution is 5.86. The van der Waals surface area contributed by atoms with Gasteiger partial charge in [0.15, 0.2) is 0 Å². The van der Waals surface area contributed by atoms with Gasteiger partial charge in [-0.05, 0) is 6.07 Å². The summed E-state index contributed by atoms with van der Waals surface area (Å²) >= 11 is 0. The number of aryl methyl sites for hydroxylation is 1. The van der Waals surface area contributed by atoms with Gasteiger partial charge in [-0.15, -0.1) is 0 Å². The number of rotatable bonds is 1. The third-order valence-electron chi connectivity index (χ3n) is 2.49. The van der Waals surface area contributed by atoms with Gasteiger partial charge in [0.05, 0.1) is 10.5 Å². The number of benzene rings is 1. The van der Waals surface area contributed by atoms with Crippen LogP contribution in [0.5, 0.6) is 0 Å². The predicted octanol–water partition coefficient (Wildman–Crippen LogP) is 3.11.